The highest BCUT2D eigenvalue weighted by Gasteiger charge is 2.30. The fourth-order valence-electron chi connectivity index (χ4n) is 2.79. The van der Waals surface area contributed by atoms with Crippen LogP contribution in [0, 0.1) is 0 Å². The molecule has 2 heterocycles. The van der Waals surface area contributed by atoms with E-state index >= 15 is 0 Å². The highest BCUT2D eigenvalue weighted by molar-refractivity contribution is 7.18. The Balaban J connectivity index is 1.75. The summed E-state index contributed by atoms with van der Waals surface area (Å²) in [5.74, 6) is -0.830. The van der Waals surface area contributed by atoms with Gasteiger partial charge in [0, 0.05) is 24.9 Å². The first-order valence-corrected chi connectivity index (χ1v) is 9.85. The van der Waals surface area contributed by atoms with Crippen molar-refractivity contribution in [2.24, 2.45) is 10.7 Å². The number of amides is 1. The normalized spacial score (nSPS) is 18.8. The molecule has 1 fully saturated rings. The van der Waals surface area contributed by atoms with E-state index in [1.54, 1.807) is 20.1 Å². The second kappa shape index (κ2) is 9.50. The summed E-state index contributed by atoms with van der Waals surface area (Å²) in [6, 6.07) is 1.53. The van der Waals surface area contributed by atoms with Gasteiger partial charge < -0.3 is 24.9 Å². The summed E-state index contributed by atoms with van der Waals surface area (Å²) in [4.78, 5) is 29.0. The van der Waals surface area contributed by atoms with Gasteiger partial charge in [-0.1, -0.05) is 11.3 Å². The molecule has 0 radical (unpaired) electrons. The second-order valence-corrected chi connectivity index (χ2v) is 7.43. The van der Waals surface area contributed by atoms with Crippen LogP contribution in [0.15, 0.2) is 32.5 Å². The summed E-state index contributed by atoms with van der Waals surface area (Å²) in [6.45, 7) is 1.75. The monoisotopic (exact) mass is 434 g/mol. The van der Waals surface area contributed by atoms with Gasteiger partial charge in [0.1, 0.15) is 0 Å². The minimum absolute atomic E-state index is 0.00314. The van der Waals surface area contributed by atoms with E-state index in [0.29, 0.717) is 16.5 Å². The summed E-state index contributed by atoms with van der Waals surface area (Å²) in [5.41, 5.74) is 5.57. The van der Waals surface area contributed by atoms with Gasteiger partial charge in [0.2, 0.25) is 16.0 Å². The Morgan fingerprint density at radius 1 is 1.40 bits per heavy atom. The number of nitrogens with one attached hydrogen (secondary N) is 2. The lowest BCUT2D eigenvalue weighted by atomic mass is 9.89. The third kappa shape index (κ3) is 5.02. The molecule has 0 unspecified atom stereocenters. The molecular weight excluding hydrogens is 412 g/mol. The summed E-state index contributed by atoms with van der Waals surface area (Å²) in [6.07, 6.45) is 4.72. The van der Waals surface area contributed by atoms with Crippen LogP contribution in [0.3, 0.4) is 0 Å². The fraction of sp³-hybridized carbons (Fsp3) is 0.389. The Bertz CT molecular complexity index is 1020. The molecule has 30 heavy (non-hydrogen) atoms. The molecule has 2 aromatic heterocycles. The van der Waals surface area contributed by atoms with Crippen LogP contribution in [0.5, 0.6) is 5.75 Å². The van der Waals surface area contributed by atoms with E-state index in [0.717, 1.165) is 24.2 Å². The molecule has 12 heteroatoms. The summed E-state index contributed by atoms with van der Waals surface area (Å²) in [7, 11) is 3.02. The van der Waals surface area contributed by atoms with Gasteiger partial charge in [0.15, 0.2) is 5.76 Å². The summed E-state index contributed by atoms with van der Waals surface area (Å²) in [5, 5.41) is 14.0. The van der Waals surface area contributed by atoms with Crippen molar-refractivity contribution < 1.29 is 18.7 Å². The van der Waals surface area contributed by atoms with E-state index in [1.807, 2.05) is 0 Å². The van der Waals surface area contributed by atoms with Crippen molar-refractivity contribution in [3.8, 4) is 5.75 Å². The van der Waals surface area contributed by atoms with Gasteiger partial charge in [-0.2, -0.15) is 0 Å². The van der Waals surface area contributed by atoms with E-state index in [9.17, 15) is 9.59 Å². The molecule has 3 rings (SSSR count). The number of methoxy groups -OCH3 is 2. The quantitative estimate of drug-likeness (QED) is 0.528. The maximum Gasteiger partial charge on any atom is 0.381 e. The molecule has 160 valence electrons. The second-order valence-electron chi connectivity index (χ2n) is 6.47. The first-order chi connectivity index (χ1) is 14.4. The van der Waals surface area contributed by atoms with Crippen LogP contribution in [-0.2, 0) is 4.74 Å². The van der Waals surface area contributed by atoms with Crippen molar-refractivity contribution in [3.63, 3.8) is 0 Å². The number of rotatable bonds is 8. The van der Waals surface area contributed by atoms with E-state index in [-0.39, 0.29) is 28.8 Å². The van der Waals surface area contributed by atoms with E-state index < -0.39 is 11.5 Å². The van der Waals surface area contributed by atoms with Crippen LogP contribution < -0.4 is 26.7 Å². The van der Waals surface area contributed by atoms with Crippen LogP contribution >= 0.6 is 11.3 Å². The van der Waals surface area contributed by atoms with Crippen molar-refractivity contribution in [1.82, 2.24) is 10.2 Å². The Kier molecular flexibility index (Phi) is 6.79. The molecular formula is C18H22N6O5S. The first kappa shape index (κ1) is 21.5. The molecule has 0 spiro atoms. The molecule has 0 atom stereocenters. The lowest BCUT2D eigenvalue weighted by Gasteiger charge is -2.35. The maximum atomic E-state index is 12.6. The van der Waals surface area contributed by atoms with Gasteiger partial charge in [-0.3, -0.25) is 10.1 Å². The Labute approximate surface area is 176 Å². The third-order valence-electron chi connectivity index (χ3n) is 4.37. The minimum atomic E-state index is -0.762. The zero-order valence-corrected chi connectivity index (χ0v) is 17.5. The Hall–Kier alpha value is -3.25. The number of carbonyl (C=O) groups is 1. The average molecular weight is 434 g/mol. The molecule has 0 saturated heterocycles. The van der Waals surface area contributed by atoms with Crippen LogP contribution in [0.1, 0.15) is 30.3 Å². The molecule has 2 aromatic rings. The van der Waals surface area contributed by atoms with Crippen molar-refractivity contribution in [2.45, 2.75) is 31.9 Å². The van der Waals surface area contributed by atoms with Gasteiger partial charge >= 0.3 is 5.63 Å². The first-order valence-electron chi connectivity index (χ1n) is 9.03. The molecule has 1 amide bonds. The predicted octanol–water partition coefficient (Wildman–Crippen LogP) is 1.91. The number of ether oxygens (including phenoxy) is 2. The number of nitrogens with zero attached hydrogens (tertiary/aromatic N) is 3. The standard InChI is InChI=1S/C18H22N6O5S/c1-9(4-5-19)20-17-23-24-18(30-17)22-15(25)13-8-12(14(28-3)16(26)29-13)21-10-6-11(7-10)27-2/h4-5,8,10-11,21H,6-7,19H2,1-3H3,(H,22,24,25). The van der Waals surface area contributed by atoms with Gasteiger partial charge in [-0.25, -0.2) is 9.79 Å². The molecule has 0 aromatic carbocycles. The van der Waals surface area contributed by atoms with Gasteiger partial charge in [-0.05, 0) is 32.0 Å². The van der Waals surface area contributed by atoms with Crippen molar-refractivity contribution in [1.29, 1.82) is 0 Å². The lowest BCUT2D eigenvalue weighted by Crippen LogP contribution is -2.40. The Morgan fingerprint density at radius 2 is 2.17 bits per heavy atom. The van der Waals surface area contributed by atoms with Crippen LogP contribution in [0.4, 0.5) is 16.0 Å². The highest BCUT2D eigenvalue weighted by Crippen LogP contribution is 2.30. The topological polar surface area (TPSA) is 154 Å². The number of anilines is 2. The van der Waals surface area contributed by atoms with Crippen molar-refractivity contribution in [2.75, 3.05) is 24.9 Å². The van der Waals surface area contributed by atoms with E-state index in [1.165, 1.54) is 19.4 Å². The van der Waals surface area contributed by atoms with Gasteiger partial charge in [0.05, 0.1) is 18.9 Å². The largest absolute Gasteiger partial charge is 0.488 e. The number of nitrogens with two attached hydrogens (primary N) is 1. The van der Waals surface area contributed by atoms with E-state index in [4.69, 9.17) is 19.6 Å². The van der Waals surface area contributed by atoms with Crippen LogP contribution in [0.2, 0.25) is 0 Å². The van der Waals surface area contributed by atoms with Crippen molar-refractivity contribution in [3.05, 3.63) is 34.5 Å². The average Bonchev–Trinajstić information content (AvgIpc) is 3.10. The highest BCUT2D eigenvalue weighted by atomic mass is 32.1. The fourth-order valence-corrected chi connectivity index (χ4v) is 3.46. The smallest absolute Gasteiger partial charge is 0.381 e. The molecule has 1 aliphatic carbocycles. The number of carbonyl (C=O) groups excluding carboxylic acids is 1. The summed E-state index contributed by atoms with van der Waals surface area (Å²) < 4.78 is 15.5. The summed E-state index contributed by atoms with van der Waals surface area (Å²) >= 11 is 1.06. The van der Waals surface area contributed by atoms with Crippen LogP contribution in [-0.4, -0.2) is 48.2 Å². The molecule has 0 aliphatic heterocycles. The van der Waals surface area contributed by atoms with Gasteiger partial charge in [-0.15, -0.1) is 10.2 Å². The molecule has 1 aliphatic rings. The maximum absolute atomic E-state index is 12.6. The molecule has 1 saturated carbocycles. The number of aromatic nitrogens is 2. The van der Waals surface area contributed by atoms with E-state index in [2.05, 4.69) is 25.8 Å². The van der Waals surface area contributed by atoms with Crippen LogP contribution in [0.25, 0.3) is 0 Å². The zero-order valence-electron chi connectivity index (χ0n) is 16.7. The number of aliphatic imine (C=N–C) groups is 1. The third-order valence-corrected chi connectivity index (χ3v) is 5.10. The zero-order chi connectivity index (χ0) is 21.7. The molecule has 4 N–H and O–H groups in total. The predicted molar refractivity (Wildman–Crippen MR) is 113 cm³/mol. The molecule has 0 bridgehead atoms. The van der Waals surface area contributed by atoms with Gasteiger partial charge in [0.25, 0.3) is 5.91 Å². The Morgan fingerprint density at radius 3 is 2.83 bits per heavy atom. The lowest BCUT2D eigenvalue weighted by molar-refractivity contribution is 0.0328. The SMILES string of the molecule is COc1c(NC2CC(OC)C2)cc(C(=O)Nc2nnc(N=C(C)C=CN)s2)oc1=O. The minimum Gasteiger partial charge on any atom is -0.488 e. The number of hydrogen-bond acceptors (Lipinski definition) is 11. The molecule has 11 nitrogen and oxygen atoms in total. The van der Waals surface area contributed by atoms with Crippen molar-refractivity contribution >= 4 is 38.9 Å². The number of allylic oxidation sites excluding steroid dienone is 1. The number of hydrogen-bond donors (Lipinski definition) is 3.